The number of amides is 1. The second-order valence-corrected chi connectivity index (χ2v) is 7.79. The number of likely N-dealkylation sites (tertiary alicyclic amines) is 1. The van der Waals surface area contributed by atoms with E-state index in [0.717, 1.165) is 24.3 Å². The van der Waals surface area contributed by atoms with Crippen molar-refractivity contribution in [3.05, 3.63) is 54.0 Å². The number of hydrogen-bond acceptors (Lipinski definition) is 9. The average molecular weight is 466 g/mol. The number of ether oxygens (including phenoxy) is 4. The van der Waals surface area contributed by atoms with Gasteiger partial charge in [0.2, 0.25) is 0 Å². The van der Waals surface area contributed by atoms with Gasteiger partial charge in [-0.2, -0.15) is 5.10 Å². The maximum absolute atomic E-state index is 13.1. The van der Waals surface area contributed by atoms with E-state index in [1.54, 1.807) is 49.5 Å². The van der Waals surface area contributed by atoms with Crippen LogP contribution in [0, 0.1) is 0 Å². The Labute approximate surface area is 197 Å². The van der Waals surface area contributed by atoms with Crippen molar-refractivity contribution in [2.45, 2.75) is 18.8 Å². The average Bonchev–Trinajstić information content (AvgIpc) is 2.89. The molecule has 1 fully saturated rings. The van der Waals surface area contributed by atoms with E-state index >= 15 is 0 Å². The Morgan fingerprint density at radius 3 is 2.24 bits per heavy atom. The van der Waals surface area contributed by atoms with Crippen LogP contribution in [0.5, 0.6) is 28.7 Å². The van der Waals surface area contributed by atoms with Gasteiger partial charge in [-0.15, -0.1) is 5.10 Å². The molecule has 2 aromatic heterocycles. The molecular weight excluding hydrogens is 438 g/mol. The maximum atomic E-state index is 13.1. The Morgan fingerprint density at radius 2 is 1.59 bits per heavy atom. The van der Waals surface area contributed by atoms with Crippen LogP contribution in [0.15, 0.2) is 42.6 Å². The predicted molar refractivity (Wildman–Crippen MR) is 125 cm³/mol. The lowest BCUT2D eigenvalue weighted by molar-refractivity contribution is 0.0705. The Bertz CT molecular complexity index is 1150. The quantitative estimate of drug-likeness (QED) is 0.560. The van der Waals surface area contributed by atoms with E-state index in [1.807, 2.05) is 6.07 Å². The number of hydrogen-bond donors (Lipinski definition) is 1. The van der Waals surface area contributed by atoms with Gasteiger partial charge in [0.05, 0.1) is 33.2 Å². The van der Waals surface area contributed by atoms with E-state index in [9.17, 15) is 4.79 Å². The zero-order valence-electron chi connectivity index (χ0n) is 19.4. The van der Waals surface area contributed by atoms with Crippen LogP contribution in [0.1, 0.15) is 34.9 Å². The number of nitrogens with two attached hydrogens (primary N) is 1. The molecule has 1 aliphatic rings. The highest BCUT2D eigenvalue weighted by Gasteiger charge is 2.27. The molecule has 10 nitrogen and oxygen atoms in total. The third kappa shape index (κ3) is 4.95. The molecular formula is C24H27N5O5. The first-order valence-electron chi connectivity index (χ1n) is 10.8. The molecule has 3 aromatic rings. The zero-order chi connectivity index (χ0) is 24.1. The van der Waals surface area contributed by atoms with Gasteiger partial charge in [-0.25, -0.2) is 4.98 Å². The lowest BCUT2D eigenvalue weighted by atomic mass is 9.93. The first-order chi connectivity index (χ1) is 16.5. The summed E-state index contributed by atoms with van der Waals surface area (Å²) in [5.74, 6) is 2.96. The van der Waals surface area contributed by atoms with E-state index < -0.39 is 0 Å². The summed E-state index contributed by atoms with van der Waals surface area (Å²) in [6.45, 7) is 1.15. The number of methoxy groups -OCH3 is 3. The van der Waals surface area contributed by atoms with Crippen molar-refractivity contribution in [1.82, 2.24) is 20.1 Å². The van der Waals surface area contributed by atoms with Crippen LogP contribution < -0.4 is 24.7 Å². The minimum absolute atomic E-state index is 0.159. The molecule has 0 spiro atoms. The molecule has 4 rings (SSSR count). The molecule has 178 valence electrons. The number of rotatable bonds is 7. The van der Waals surface area contributed by atoms with Crippen LogP contribution in [-0.2, 0) is 0 Å². The number of anilines is 1. The van der Waals surface area contributed by atoms with Crippen molar-refractivity contribution in [3.8, 4) is 28.7 Å². The number of nitrogen functional groups attached to an aromatic ring is 1. The first-order valence-corrected chi connectivity index (χ1v) is 10.8. The summed E-state index contributed by atoms with van der Waals surface area (Å²) in [5.41, 5.74) is 6.88. The normalized spacial score (nSPS) is 13.9. The van der Waals surface area contributed by atoms with Gasteiger partial charge in [0.15, 0.2) is 23.1 Å². The SMILES string of the molecule is COc1ccc(Oc2cnc(C(=O)N3CCC(c4cc(OC)c(N)nn4)CC3)cc2OC)cc1. The Balaban J connectivity index is 1.42. The van der Waals surface area contributed by atoms with E-state index in [1.165, 1.54) is 13.3 Å². The fourth-order valence-corrected chi connectivity index (χ4v) is 3.85. The summed E-state index contributed by atoms with van der Waals surface area (Å²) in [7, 11) is 4.68. The highest BCUT2D eigenvalue weighted by molar-refractivity contribution is 5.93. The summed E-state index contributed by atoms with van der Waals surface area (Å²) < 4.78 is 21.7. The van der Waals surface area contributed by atoms with Crippen LogP contribution >= 0.6 is 0 Å². The molecule has 0 atom stereocenters. The van der Waals surface area contributed by atoms with Gasteiger partial charge in [-0.1, -0.05) is 0 Å². The highest BCUT2D eigenvalue weighted by Crippen LogP contribution is 2.33. The second-order valence-electron chi connectivity index (χ2n) is 7.79. The fourth-order valence-electron chi connectivity index (χ4n) is 3.85. The van der Waals surface area contributed by atoms with E-state index in [0.29, 0.717) is 41.8 Å². The third-order valence-corrected chi connectivity index (χ3v) is 5.78. The molecule has 1 aromatic carbocycles. The number of nitrogens with zero attached hydrogens (tertiary/aromatic N) is 4. The standard InChI is InChI=1S/C24H27N5O5/c1-31-16-4-6-17(7-5-16)34-22-14-26-19(13-20(22)32-2)24(30)29-10-8-15(9-11-29)18-12-21(33-3)23(25)28-27-18/h4-7,12-15H,8-11H2,1-3H3,(H2,25,28). The van der Waals surface area contributed by atoms with Gasteiger partial charge in [0.25, 0.3) is 5.91 Å². The molecule has 0 aliphatic carbocycles. The van der Waals surface area contributed by atoms with E-state index in [4.69, 9.17) is 24.7 Å². The summed E-state index contributed by atoms with van der Waals surface area (Å²) in [5, 5.41) is 8.18. The van der Waals surface area contributed by atoms with E-state index in [-0.39, 0.29) is 17.6 Å². The third-order valence-electron chi connectivity index (χ3n) is 5.78. The Kier molecular flexibility index (Phi) is 6.95. The number of piperidine rings is 1. The van der Waals surface area contributed by atoms with Crippen molar-refractivity contribution in [1.29, 1.82) is 0 Å². The Morgan fingerprint density at radius 1 is 0.912 bits per heavy atom. The van der Waals surface area contributed by atoms with Crippen molar-refractivity contribution in [2.24, 2.45) is 0 Å². The molecule has 10 heteroatoms. The molecule has 1 aliphatic heterocycles. The van der Waals surface area contributed by atoms with Gasteiger partial charge >= 0.3 is 0 Å². The topological polar surface area (TPSA) is 122 Å². The number of carbonyl (C=O) groups is 1. The van der Waals surface area contributed by atoms with Crippen molar-refractivity contribution >= 4 is 11.7 Å². The maximum Gasteiger partial charge on any atom is 0.272 e. The van der Waals surface area contributed by atoms with Crippen LogP contribution in [0.3, 0.4) is 0 Å². The molecule has 1 saturated heterocycles. The van der Waals surface area contributed by atoms with Crippen LogP contribution in [0.25, 0.3) is 0 Å². The van der Waals surface area contributed by atoms with Gasteiger partial charge < -0.3 is 29.6 Å². The minimum Gasteiger partial charge on any atom is -0.497 e. The monoisotopic (exact) mass is 465 g/mol. The number of benzene rings is 1. The smallest absolute Gasteiger partial charge is 0.272 e. The lowest BCUT2D eigenvalue weighted by Crippen LogP contribution is -2.38. The van der Waals surface area contributed by atoms with Gasteiger partial charge in [-0.3, -0.25) is 4.79 Å². The molecule has 0 saturated carbocycles. The van der Waals surface area contributed by atoms with Crippen molar-refractivity contribution in [3.63, 3.8) is 0 Å². The summed E-state index contributed by atoms with van der Waals surface area (Å²) >= 11 is 0. The van der Waals surface area contributed by atoms with E-state index in [2.05, 4.69) is 15.2 Å². The van der Waals surface area contributed by atoms with Crippen LogP contribution in [0.2, 0.25) is 0 Å². The lowest BCUT2D eigenvalue weighted by Gasteiger charge is -2.31. The molecule has 34 heavy (non-hydrogen) atoms. The van der Waals surface area contributed by atoms with Gasteiger partial charge in [0, 0.05) is 31.1 Å². The summed E-state index contributed by atoms with van der Waals surface area (Å²) in [6.07, 6.45) is 3.01. The van der Waals surface area contributed by atoms with Crippen molar-refractivity contribution in [2.75, 3.05) is 40.2 Å². The van der Waals surface area contributed by atoms with Gasteiger partial charge in [0.1, 0.15) is 17.2 Å². The van der Waals surface area contributed by atoms with Crippen molar-refractivity contribution < 1.29 is 23.7 Å². The summed E-state index contributed by atoms with van der Waals surface area (Å²) in [4.78, 5) is 19.2. The zero-order valence-corrected chi connectivity index (χ0v) is 19.4. The first kappa shape index (κ1) is 23.1. The summed E-state index contributed by atoms with van der Waals surface area (Å²) in [6, 6.07) is 10.6. The largest absolute Gasteiger partial charge is 0.497 e. The predicted octanol–water partition coefficient (Wildman–Crippen LogP) is 3.29. The number of aromatic nitrogens is 3. The molecule has 1 amide bonds. The molecule has 3 heterocycles. The minimum atomic E-state index is -0.159. The van der Waals surface area contributed by atoms with Crippen LogP contribution in [-0.4, -0.2) is 60.4 Å². The molecule has 0 unspecified atom stereocenters. The number of carbonyl (C=O) groups excluding carboxylic acids is 1. The highest BCUT2D eigenvalue weighted by atomic mass is 16.5. The molecule has 0 bridgehead atoms. The number of pyridine rings is 1. The van der Waals surface area contributed by atoms with Crippen LogP contribution in [0.4, 0.5) is 5.82 Å². The van der Waals surface area contributed by atoms with Gasteiger partial charge in [-0.05, 0) is 37.1 Å². The second kappa shape index (κ2) is 10.2. The Hall–Kier alpha value is -4.08. The fraction of sp³-hybridized carbons (Fsp3) is 0.333. The molecule has 2 N–H and O–H groups in total. The molecule has 0 radical (unpaired) electrons.